The third-order valence-electron chi connectivity index (χ3n) is 3.09. The maximum atomic E-state index is 13.4. The van der Waals surface area contributed by atoms with E-state index in [4.69, 9.17) is 4.74 Å². The molecule has 4 heteroatoms. The number of amides is 1. The maximum absolute atomic E-state index is 13.4. The first kappa shape index (κ1) is 18.5. The molecular formula is C18H28FNO2. The van der Waals surface area contributed by atoms with Crippen molar-refractivity contribution in [2.75, 3.05) is 6.61 Å². The summed E-state index contributed by atoms with van der Waals surface area (Å²) in [5.41, 5.74) is -0.0769. The summed E-state index contributed by atoms with van der Waals surface area (Å²) in [5.74, 6) is -0.138. The Morgan fingerprint density at radius 3 is 2.41 bits per heavy atom. The van der Waals surface area contributed by atoms with Crippen molar-refractivity contribution in [1.82, 2.24) is 5.32 Å². The van der Waals surface area contributed by atoms with E-state index < -0.39 is 0 Å². The van der Waals surface area contributed by atoms with E-state index in [0.717, 1.165) is 6.42 Å². The summed E-state index contributed by atoms with van der Waals surface area (Å²) in [5, 5.41) is 3.05. The Balaban J connectivity index is 2.30. The van der Waals surface area contributed by atoms with E-state index in [-0.39, 0.29) is 28.4 Å². The summed E-state index contributed by atoms with van der Waals surface area (Å²) >= 11 is 0. The van der Waals surface area contributed by atoms with Crippen molar-refractivity contribution < 1.29 is 13.9 Å². The molecule has 0 bridgehead atoms. The minimum Gasteiger partial charge on any atom is -0.491 e. The van der Waals surface area contributed by atoms with Gasteiger partial charge in [0.25, 0.3) is 0 Å². The van der Waals surface area contributed by atoms with Crippen LogP contribution in [0.5, 0.6) is 5.75 Å². The van der Waals surface area contributed by atoms with Gasteiger partial charge in [0.05, 0.1) is 6.61 Å². The van der Waals surface area contributed by atoms with Gasteiger partial charge >= 0.3 is 0 Å². The molecule has 1 N–H and O–H groups in total. The molecule has 0 aromatic heterocycles. The Bertz CT molecular complexity index is 492. The van der Waals surface area contributed by atoms with E-state index in [1.807, 2.05) is 13.8 Å². The first-order valence-electron chi connectivity index (χ1n) is 7.77. The molecule has 0 radical (unpaired) electrons. The normalized spacial score (nSPS) is 12.1. The maximum Gasteiger partial charge on any atom is 0.220 e. The lowest BCUT2D eigenvalue weighted by Gasteiger charge is -2.33. The SMILES string of the molecule is CC(C)(C)CC(C)(C)NC(=O)CCCOc1ccccc1F. The quantitative estimate of drug-likeness (QED) is 0.762. The molecule has 0 fully saturated rings. The first-order chi connectivity index (χ1) is 10.1. The molecule has 3 nitrogen and oxygen atoms in total. The summed E-state index contributed by atoms with van der Waals surface area (Å²) in [6.45, 7) is 10.9. The van der Waals surface area contributed by atoms with Crippen LogP contribution in [0.4, 0.5) is 4.39 Å². The van der Waals surface area contributed by atoms with E-state index in [2.05, 4.69) is 26.1 Å². The second kappa shape index (κ2) is 7.61. The molecule has 0 atom stereocenters. The van der Waals surface area contributed by atoms with Crippen LogP contribution in [-0.2, 0) is 4.79 Å². The van der Waals surface area contributed by atoms with Gasteiger partial charge in [0.15, 0.2) is 11.6 Å². The number of halogens is 1. The lowest BCUT2D eigenvalue weighted by Crippen LogP contribution is -2.45. The molecule has 0 heterocycles. The highest BCUT2D eigenvalue weighted by molar-refractivity contribution is 5.76. The molecule has 0 aliphatic rings. The van der Waals surface area contributed by atoms with E-state index in [0.29, 0.717) is 19.4 Å². The molecule has 0 saturated heterocycles. The molecule has 124 valence electrons. The summed E-state index contributed by atoms with van der Waals surface area (Å²) in [4.78, 5) is 12.0. The van der Waals surface area contributed by atoms with Gasteiger partial charge in [-0.25, -0.2) is 4.39 Å². The van der Waals surface area contributed by atoms with Gasteiger partial charge in [-0.3, -0.25) is 4.79 Å². The zero-order valence-electron chi connectivity index (χ0n) is 14.3. The number of carbonyl (C=O) groups is 1. The lowest BCUT2D eigenvalue weighted by molar-refractivity contribution is -0.123. The Kier molecular flexibility index (Phi) is 6.39. The smallest absolute Gasteiger partial charge is 0.220 e. The molecule has 1 rings (SSSR count). The van der Waals surface area contributed by atoms with Gasteiger partial charge in [0.2, 0.25) is 5.91 Å². The van der Waals surface area contributed by atoms with Crippen molar-refractivity contribution >= 4 is 5.91 Å². The van der Waals surface area contributed by atoms with E-state index >= 15 is 0 Å². The number of para-hydroxylation sites is 1. The zero-order valence-corrected chi connectivity index (χ0v) is 14.3. The van der Waals surface area contributed by atoms with Gasteiger partial charge in [-0.05, 0) is 44.2 Å². The predicted octanol–water partition coefficient (Wildman–Crippen LogP) is 4.32. The Morgan fingerprint density at radius 2 is 1.82 bits per heavy atom. The third kappa shape index (κ3) is 7.43. The fourth-order valence-electron chi connectivity index (χ4n) is 2.79. The minimum atomic E-state index is -0.377. The fraction of sp³-hybridized carbons (Fsp3) is 0.611. The number of hydrogen-bond donors (Lipinski definition) is 1. The number of carbonyl (C=O) groups excluding carboxylic acids is 1. The third-order valence-corrected chi connectivity index (χ3v) is 3.09. The van der Waals surface area contributed by atoms with Crippen molar-refractivity contribution in [2.24, 2.45) is 5.41 Å². The van der Waals surface area contributed by atoms with Crippen molar-refractivity contribution in [2.45, 2.75) is 59.4 Å². The van der Waals surface area contributed by atoms with Crippen LogP contribution < -0.4 is 10.1 Å². The molecule has 0 saturated carbocycles. The molecule has 0 aliphatic carbocycles. The molecule has 0 spiro atoms. The number of hydrogen-bond acceptors (Lipinski definition) is 2. The van der Waals surface area contributed by atoms with E-state index in [9.17, 15) is 9.18 Å². The van der Waals surface area contributed by atoms with Crippen LogP contribution in [0.15, 0.2) is 24.3 Å². The van der Waals surface area contributed by atoms with Gasteiger partial charge in [-0.1, -0.05) is 32.9 Å². The Labute approximate surface area is 133 Å². The summed E-state index contributed by atoms with van der Waals surface area (Å²) in [6, 6.07) is 6.28. The Hall–Kier alpha value is -1.58. The number of nitrogens with one attached hydrogen (secondary N) is 1. The van der Waals surface area contributed by atoms with Crippen molar-refractivity contribution in [3.8, 4) is 5.75 Å². The van der Waals surface area contributed by atoms with Crippen molar-refractivity contribution in [3.05, 3.63) is 30.1 Å². The summed E-state index contributed by atoms with van der Waals surface area (Å²) in [6.07, 6.45) is 1.84. The predicted molar refractivity (Wildman–Crippen MR) is 87.4 cm³/mol. The highest BCUT2D eigenvalue weighted by Gasteiger charge is 2.26. The van der Waals surface area contributed by atoms with Crippen LogP contribution in [0.1, 0.15) is 53.9 Å². The highest BCUT2D eigenvalue weighted by atomic mass is 19.1. The van der Waals surface area contributed by atoms with E-state index in [1.54, 1.807) is 18.2 Å². The molecule has 0 aliphatic heterocycles. The number of rotatable bonds is 7. The average molecular weight is 309 g/mol. The van der Waals surface area contributed by atoms with Crippen molar-refractivity contribution in [1.29, 1.82) is 0 Å². The van der Waals surface area contributed by atoms with Gasteiger partial charge < -0.3 is 10.1 Å². The number of ether oxygens (including phenoxy) is 1. The second-order valence-electron chi connectivity index (χ2n) is 7.55. The van der Waals surface area contributed by atoms with Crippen LogP contribution in [-0.4, -0.2) is 18.1 Å². The van der Waals surface area contributed by atoms with Crippen LogP contribution in [0.25, 0.3) is 0 Å². The molecule has 1 amide bonds. The first-order valence-corrected chi connectivity index (χ1v) is 7.77. The van der Waals surface area contributed by atoms with Crippen LogP contribution in [0, 0.1) is 11.2 Å². The fourth-order valence-corrected chi connectivity index (χ4v) is 2.79. The minimum absolute atomic E-state index is 0.00591. The Morgan fingerprint density at radius 1 is 1.18 bits per heavy atom. The van der Waals surface area contributed by atoms with Gasteiger partial charge in [0.1, 0.15) is 0 Å². The standard InChI is InChI=1S/C18H28FNO2/c1-17(2,3)13-18(4,5)20-16(21)11-8-12-22-15-10-7-6-9-14(15)19/h6-7,9-10H,8,11-13H2,1-5H3,(H,20,21). The van der Waals surface area contributed by atoms with Gasteiger partial charge in [-0.2, -0.15) is 0 Å². The molecule has 22 heavy (non-hydrogen) atoms. The highest BCUT2D eigenvalue weighted by Crippen LogP contribution is 2.26. The zero-order chi connectivity index (χ0) is 16.8. The van der Waals surface area contributed by atoms with E-state index in [1.165, 1.54) is 6.07 Å². The largest absolute Gasteiger partial charge is 0.491 e. The molecule has 0 unspecified atom stereocenters. The van der Waals surface area contributed by atoms with Crippen LogP contribution in [0.2, 0.25) is 0 Å². The van der Waals surface area contributed by atoms with Crippen LogP contribution in [0.3, 0.4) is 0 Å². The van der Waals surface area contributed by atoms with Gasteiger partial charge in [-0.15, -0.1) is 0 Å². The monoisotopic (exact) mass is 309 g/mol. The summed E-state index contributed by atoms with van der Waals surface area (Å²) < 4.78 is 18.7. The number of benzene rings is 1. The van der Waals surface area contributed by atoms with Crippen molar-refractivity contribution in [3.63, 3.8) is 0 Å². The second-order valence-corrected chi connectivity index (χ2v) is 7.55. The summed E-state index contributed by atoms with van der Waals surface area (Å²) in [7, 11) is 0. The topological polar surface area (TPSA) is 38.3 Å². The van der Waals surface area contributed by atoms with Gasteiger partial charge in [0, 0.05) is 12.0 Å². The average Bonchev–Trinajstić information content (AvgIpc) is 2.32. The van der Waals surface area contributed by atoms with Crippen LogP contribution >= 0.6 is 0 Å². The molecular weight excluding hydrogens is 281 g/mol. The lowest BCUT2D eigenvalue weighted by atomic mass is 9.82. The molecule has 1 aromatic rings. The molecule has 1 aromatic carbocycles.